The molecule has 0 radical (unpaired) electrons. The molecule has 0 aromatic rings. The Morgan fingerprint density at radius 1 is 0.769 bits per heavy atom. The van der Waals surface area contributed by atoms with Crippen LogP contribution >= 0.6 is 0 Å². The van der Waals surface area contributed by atoms with Crippen LogP contribution in [-0.2, 0) is 25.8 Å². The van der Waals surface area contributed by atoms with Crippen molar-refractivity contribution in [3.05, 3.63) is 0 Å². The molecule has 0 bridgehead atoms. The molecule has 0 rings (SSSR count). The average Bonchev–Trinajstić information content (AvgIpc) is 1.89. The molecular weight excluding hydrogens is 339 g/mol. The summed E-state index contributed by atoms with van der Waals surface area (Å²) in [5.41, 5.74) is 0. The molecule has 13 heavy (non-hydrogen) atoms. The van der Waals surface area contributed by atoms with Crippen LogP contribution in [0.4, 0.5) is 0 Å². The van der Waals surface area contributed by atoms with Crippen LogP contribution in [0.1, 0.15) is 27.7 Å². The van der Waals surface area contributed by atoms with E-state index >= 15 is 0 Å². The summed E-state index contributed by atoms with van der Waals surface area (Å²) in [5, 5.41) is 16.3. The van der Waals surface area contributed by atoms with Gasteiger partial charge in [0, 0.05) is 39.1 Å². The quantitative estimate of drug-likeness (QED) is 0.654. The number of hydrogen-bond donors (Lipinski definition) is 2. The zero-order valence-electron chi connectivity index (χ0n) is 8.96. The first-order valence-electron chi connectivity index (χ1n) is 3.76. The van der Waals surface area contributed by atoms with Crippen molar-refractivity contribution >= 4 is 0 Å². The molecule has 0 atom stereocenters. The van der Waals surface area contributed by atoms with Gasteiger partial charge in [0.15, 0.2) is 0 Å². The van der Waals surface area contributed by atoms with Crippen molar-refractivity contribution in [2.75, 3.05) is 13.2 Å². The fraction of sp³-hybridized carbons (Fsp3) is 1.00. The molecule has 0 aliphatic heterocycles. The Labute approximate surface area is 99.8 Å². The maximum Gasteiger partial charge on any atom is 0.0453 e. The molecular formula is C8H24HfO4. The number of rotatable bonds is 2. The van der Waals surface area contributed by atoms with E-state index in [1.54, 1.807) is 0 Å². The maximum absolute atomic E-state index is 8.14. The standard InChI is InChI=1S/2C4H10O.Hf.2H2O/c2*1-4(2)3-5;;;/h2*4-5H,3H2,1-2H3;;2*1H2. The van der Waals surface area contributed by atoms with E-state index in [0.29, 0.717) is 25.0 Å². The van der Waals surface area contributed by atoms with Gasteiger partial charge in [0.05, 0.1) is 0 Å². The monoisotopic (exact) mass is 364 g/mol. The van der Waals surface area contributed by atoms with Gasteiger partial charge in [0.1, 0.15) is 0 Å². The first-order chi connectivity index (χ1) is 4.54. The minimum atomic E-state index is 0. The van der Waals surface area contributed by atoms with Crippen LogP contribution in [0.25, 0.3) is 0 Å². The van der Waals surface area contributed by atoms with Crippen LogP contribution in [-0.4, -0.2) is 34.4 Å². The molecule has 4 nitrogen and oxygen atoms in total. The second-order valence-corrected chi connectivity index (χ2v) is 3.15. The molecule has 0 unspecified atom stereocenters. The van der Waals surface area contributed by atoms with Crippen molar-refractivity contribution in [2.24, 2.45) is 11.8 Å². The largest absolute Gasteiger partial charge is 0.412 e. The van der Waals surface area contributed by atoms with Crippen LogP contribution in [0.5, 0.6) is 0 Å². The zero-order chi connectivity index (χ0) is 8.57. The van der Waals surface area contributed by atoms with Gasteiger partial charge in [-0.3, -0.25) is 0 Å². The molecule has 0 aromatic heterocycles. The number of aliphatic hydroxyl groups is 2. The number of hydrogen-bond acceptors (Lipinski definition) is 2. The van der Waals surface area contributed by atoms with E-state index in [4.69, 9.17) is 10.2 Å². The fourth-order valence-corrected chi connectivity index (χ4v) is 0. The molecule has 0 fully saturated rings. The van der Waals surface area contributed by atoms with Crippen molar-refractivity contribution in [3.8, 4) is 0 Å². The molecule has 0 saturated heterocycles. The molecule has 0 aromatic carbocycles. The summed E-state index contributed by atoms with van der Waals surface area (Å²) >= 11 is 0. The van der Waals surface area contributed by atoms with Gasteiger partial charge >= 0.3 is 0 Å². The van der Waals surface area contributed by atoms with Crippen molar-refractivity contribution in [2.45, 2.75) is 27.7 Å². The van der Waals surface area contributed by atoms with Gasteiger partial charge in [0.25, 0.3) is 0 Å². The Kier molecular flexibility index (Phi) is 51.6. The third-order valence-corrected chi connectivity index (χ3v) is 0.730. The summed E-state index contributed by atoms with van der Waals surface area (Å²) in [6, 6.07) is 0. The zero-order valence-corrected chi connectivity index (χ0v) is 12.6. The summed E-state index contributed by atoms with van der Waals surface area (Å²) < 4.78 is 0. The van der Waals surface area contributed by atoms with Gasteiger partial charge in [-0.15, -0.1) is 0 Å². The average molecular weight is 363 g/mol. The van der Waals surface area contributed by atoms with Crippen molar-refractivity contribution < 1.29 is 47.0 Å². The van der Waals surface area contributed by atoms with E-state index in [1.165, 1.54) is 0 Å². The Morgan fingerprint density at radius 3 is 0.846 bits per heavy atom. The van der Waals surface area contributed by atoms with Crippen LogP contribution in [0.2, 0.25) is 0 Å². The van der Waals surface area contributed by atoms with Gasteiger partial charge in [-0.05, 0) is 11.8 Å². The van der Waals surface area contributed by atoms with Gasteiger partial charge in [-0.25, -0.2) is 0 Å². The molecule has 0 amide bonds. The SMILES string of the molecule is CC(C)CO.CC(C)CO.O.O.[Hf]. The fourth-order valence-electron chi connectivity index (χ4n) is 0. The Morgan fingerprint density at radius 2 is 0.846 bits per heavy atom. The predicted molar refractivity (Wildman–Crippen MR) is 51.1 cm³/mol. The van der Waals surface area contributed by atoms with E-state index in [0.717, 1.165) is 0 Å². The molecule has 84 valence electrons. The molecule has 5 heteroatoms. The van der Waals surface area contributed by atoms with E-state index in [2.05, 4.69) is 0 Å². The summed E-state index contributed by atoms with van der Waals surface area (Å²) in [6.45, 7) is 8.50. The predicted octanol–water partition coefficient (Wildman–Crippen LogP) is -0.382. The van der Waals surface area contributed by atoms with Gasteiger partial charge < -0.3 is 21.2 Å². The van der Waals surface area contributed by atoms with Crippen LogP contribution < -0.4 is 0 Å². The first-order valence-corrected chi connectivity index (χ1v) is 3.76. The minimum absolute atomic E-state index is 0. The van der Waals surface area contributed by atoms with Gasteiger partial charge in [-0.2, -0.15) is 0 Å². The third-order valence-electron chi connectivity index (χ3n) is 0.730. The molecule has 0 spiro atoms. The summed E-state index contributed by atoms with van der Waals surface area (Å²) in [6.07, 6.45) is 0. The van der Waals surface area contributed by atoms with E-state index in [-0.39, 0.29) is 36.8 Å². The first kappa shape index (κ1) is 29.2. The van der Waals surface area contributed by atoms with Crippen molar-refractivity contribution in [1.82, 2.24) is 0 Å². The van der Waals surface area contributed by atoms with Crippen LogP contribution in [0.15, 0.2) is 0 Å². The molecule has 0 aliphatic rings. The Bertz CT molecular complexity index is 52.1. The summed E-state index contributed by atoms with van der Waals surface area (Å²) in [7, 11) is 0. The third kappa shape index (κ3) is 65.7. The topological polar surface area (TPSA) is 103 Å². The van der Waals surface area contributed by atoms with Crippen LogP contribution in [0.3, 0.4) is 0 Å². The van der Waals surface area contributed by atoms with E-state index in [1.807, 2.05) is 27.7 Å². The molecule has 0 aliphatic carbocycles. The minimum Gasteiger partial charge on any atom is -0.412 e. The summed E-state index contributed by atoms with van der Waals surface area (Å²) in [4.78, 5) is 0. The Hall–Kier alpha value is 0.710. The van der Waals surface area contributed by atoms with Gasteiger partial charge in [0.2, 0.25) is 0 Å². The Balaban J connectivity index is -0.0000000267. The normalized spacial score (nSPS) is 7.38. The molecule has 6 N–H and O–H groups in total. The molecule has 0 heterocycles. The summed E-state index contributed by atoms with van der Waals surface area (Å²) in [5.74, 6) is 0.880. The van der Waals surface area contributed by atoms with Crippen LogP contribution in [0, 0.1) is 11.8 Å². The maximum atomic E-state index is 8.14. The van der Waals surface area contributed by atoms with E-state index < -0.39 is 0 Å². The van der Waals surface area contributed by atoms with Crippen molar-refractivity contribution in [3.63, 3.8) is 0 Å². The second-order valence-electron chi connectivity index (χ2n) is 3.15. The second kappa shape index (κ2) is 23.0. The number of aliphatic hydroxyl groups excluding tert-OH is 2. The van der Waals surface area contributed by atoms with E-state index in [9.17, 15) is 0 Å². The van der Waals surface area contributed by atoms with Crippen molar-refractivity contribution in [1.29, 1.82) is 0 Å². The smallest absolute Gasteiger partial charge is 0.0453 e. The van der Waals surface area contributed by atoms with Gasteiger partial charge in [-0.1, -0.05) is 27.7 Å². The molecule has 0 saturated carbocycles.